The molecule has 2 aromatic rings. The van der Waals surface area contributed by atoms with E-state index in [1.807, 2.05) is 36.4 Å². The van der Waals surface area contributed by atoms with E-state index in [0.717, 1.165) is 23.5 Å². The van der Waals surface area contributed by atoms with E-state index < -0.39 is 15.4 Å². The van der Waals surface area contributed by atoms with Gasteiger partial charge in [0.25, 0.3) is 10.1 Å². The Bertz CT molecular complexity index is 818. The topological polar surface area (TPSA) is 63.6 Å². The first-order valence-electron chi connectivity index (χ1n) is 8.89. The maximum atomic E-state index is 11.1. The van der Waals surface area contributed by atoms with Crippen molar-refractivity contribution in [2.45, 2.75) is 57.6 Å². The van der Waals surface area contributed by atoms with Gasteiger partial charge in [-0.1, -0.05) is 45.0 Å². The van der Waals surface area contributed by atoms with Gasteiger partial charge in [0.2, 0.25) is 0 Å². The predicted octanol–water partition coefficient (Wildman–Crippen LogP) is 5.38. The minimum atomic E-state index is -3.94. The third-order valence-corrected chi connectivity index (χ3v) is 5.69. The molecular formula is C21H28O4S. The van der Waals surface area contributed by atoms with Crippen LogP contribution in [-0.4, -0.2) is 18.2 Å². The molecule has 142 valence electrons. The van der Waals surface area contributed by atoms with Crippen molar-refractivity contribution in [2.75, 3.05) is 0 Å². The molecule has 0 saturated heterocycles. The summed E-state index contributed by atoms with van der Waals surface area (Å²) in [6.45, 7) is 8.05. The molecule has 0 aliphatic carbocycles. The van der Waals surface area contributed by atoms with E-state index in [4.69, 9.17) is 9.29 Å². The number of benzene rings is 2. The highest BCUT2D eigenvalue weighted by Crippen LogP contribution is 2.27. The average molecular weight is 377 g/mol. The zero-order valence-electron chi connectivity index (χ0n) is 15.9. The van der Waals surface area contributed by atoms with Gasteiger partial charge in [0, 0.05) is 0 Å². The second-order valence-corrected chi connectivity index (χ2v) is 9.58. The van der Waals surface area contributed by atoms with Crippen molar-refractivity contribution in [3.8, 4) is 11.5 Å². The van der Waals surface area contributed by atoms with Gasteiger partial charge in [0.15, 0.2) is 0 Å². The highest BCUT2D eigenvalue weighted by atomic mass is 32.2. The summed E-state index contributed by atoms with van der Waals surface area (Å²) in [5.74, 6) is 1.55. The number of aryl methyl sites for hydroxylation is 1. The van der Waals surface area contributed by atoms with Crippen molar-refractivity contribution in [3.05, 3.63) is 59.7 Å². The van der Waals surface area contributed by atoms with Crippen molar-refractivity contribution in [1.29, 1.82) is 0 Å². The van der Waals surface area contributed by atoms with Gasteiger partial charge in [0.05, 0.1) is 5.25 Å². The number of ether oxygens (including phenoxy) is 1. The van der Waals surface area contributed by atoms with Crippen molar-refractivity contribution >= 4 is 10.1 Å². The molecule has 0 aliphatic rings. The van der Waals surface area contributed by atoms with Crippen molar-refractivity contribution < 1.29 is 17.7 Å². The quantitative estimate of drug-likeness (QED) is 0.659. The Morgan fingerprint density at radius 3 is 2.27 bits per heavy atom. The summed E-state index contributed by atoms with van der Waals surface area (Å²) in [6, 6.07) is 15.9. The Morgan fingerprint density at radius 1 is 1.04 bits per heavy atom. The van der Waals surface area contributed by atoms with Crippen LogP contribution in [0, 0.1) is 0 Å². The maximum Gasteiger partial charge on any atom is 0.267 e. The maximum absolute atomic E-state index is 11.1. The van der Waals surface area contributed by atoms with Crippen LogP contribution in [0.2, 0.25) is 0 Å². The Kier molecular flexibility index (Phi) is 6.48. The molecule has 26 heavy (non-hydrogen) atoms. The smallest absolute Gasteiger partial charge is 0.267 e. The average Bonchev–Trinajstić information content (AvgIpc) is 2.54. The lowest BCUT2D eigenvalue weighted by Crippen LogP contribution is -2.16. The lowest BCUT2D eigenvalue weighted by atomic mass is 9.87. The van der Waals surface area contributed by atoms with Crippen LogP contribution < -0.4 is 4.74 Å². The molecule has 2 rings (SSSR count). The van der Waals surface area contributed by atoms with Gasteiger partial charge >= 0.3 is 0 Å². The van der Waals surface area contributed by atoms with Gasteiger partial charge < -0.3 is 4.74 Å². The van der Waals surface area contributed by atoms with Crippen LogP contribution in [0.4, 0.5) is 0 Å². The van der Waals surface area contributed by atoms with E-state index in [9.17, 15) is 8.42 Å². The van der Waals surface area contributed by atoms with Crippen molar-refractivity contribution in [1.82, 2.24) is 0 Å². The van der Waals surface area contributed by atoms with E-state index in [1.165, 1.54) is 12.5 Å². The normalized spacial score (nSPS) is 13.4. The summed E-state index contributed by atoms with van der Waals surface area (Å²) in [6.07, 6.45) is 1.85. The van der Waals surface area contributed by atoms with Gasteiger partial charge in [0.1, 0.15) is 11.5 Å². The molecule has 0 amide bonds. The van der Waals surface area contributed by atoms with Crippen LogP contribution in [-0.2, 0) is 22.0 Å². The molecule has 0 fully saturated rings. The van der Waals surface area contributed by atoms with E-state index in [0.29, 0.717) is 12.8 Å². The zero-order valence-corrected chi connectivity index (χ0v) is 16.7. The molecule has 0 heterocycles. The van der Waals surface area contributed by atoms with Crippen LogP contribution in [0.5, 0.6) is 11.5 Å². The van der Waals surface area contributed by atoms with Crippen molar-refractivity contribution in [3.63, 3.8) is 0 Å². The molecule has 0 aliphatic heterocycles. The lowest BCUT2D eigenvalue weighted by Gasteiger charge is -2.19. The van der Waals surface area contributed by atoms with Crippen LogP contribution in [0.15, 0.2) is 48.5 Å². The summed E-state index contributed by atoms with van der Waals surface area (Å²) in [7, 11) is -3.94. The molecule has 1 unspecified atom stereocenters. The summed E-state index contributed by atoms with van der Waals surface area (Å²) in [4.78, 5) is 0. The Hall–Kier alpha value is -1.85. The fourth-order valence-electron chi connectivity index (χ4n) is 2.67. The van der Waals surface area contributed by atoms with Gasteiger partial charge in [-0.15, -0.1) is 0 Å². The molecule has 2 aromatic carbocycles. The monoisotopic (exact) mass is 376 g/mol. The summed E-state index contributed by atoms with van der Waals surface area (Å²) >= 11 is 0. The summed E-state index contributed by atoms with van der Waals surface area (Å²) < 4.78 is 37.1. The molecule has 1 N–H and O–H groups in total. The summed E-state index contributed by atoms with van der Waals surface area (Å²) in [5, 5.41) is -0.733. The molecule has 0 spiro atoms. The SMILES string of the molecule is CC(CCCc1cccc(Oc2ccc(C(C)(C)C)cc2)c1)S(=O)(=O)O. The second kappa shape index (κ2) is 8.23. The molecule has 1 atom stereocenters. The van der Waals surface area contributed by atoms with E-state index in [2.05, 4.69) is 32.9 Å². The molecule has 0 aromatic heterocycles. The van der Waals surface area contributed by atoms with Crippen LogP contribution in [0.25, 0.3) is 0 Å². The van der Waals surface area contributed by atoms with E-state index in [1.54, 1.807) is 0 Å². The van der Waals surface area contributed by atoms with Gasteiger partial charge in [-0.2, -0.15) is 8.42 Å². The largest absolute Gasteiger partial charge is 0.457 e. The predicted molar refractivity (Wildman–Crippen MR) is 106 cm³/mol. The minimum Gasteiger partial charge on any atom is -0.457 e. The van der Waals surface area contributed by atoms with Crippen molar-refractivity contribution in [2.24, 2.45) is 0 Å². The number of hydrogen-bond acceptors (Lipinski definition) is 3. The van der Waals surface area contributed by atoms with Gasteiger partial charge in [-0.25, -0.2) is 0 Å². The standard InChI is InChI=1S/C21H28O4S/c1-16(26(22,23)24)7-5-8-17-9-6-10-20(15-17)25-19-13-11-18(12-14-19)21(2,3)4/h6,9-16H,5,7-8H2,1-4H3,(H,22,23,24). The molecule has 0 bridgehead atoms. The van der Waals surface area contributed by atoms with Gasteiger partial charge in [-0.3, -0.25) is 4.55 Å². The van der Waals surface area contributed by atoms with Crippen LogP contribution in [0.3, 0.4) is 0 Å². The van der Waals surface area contributed by atoms with E-state index >= 15 is 0 Å². The van der Waals surface area contributed by atoms with E-state index in [-0.39, 0.29) is 5.41 Å². The molecule has 0 radical (unpaired) electrons. The number of hydrogen-bond donors (Lipinski definition) is 1. The lowest BCUT2D eigenvalue weighted by molar-refractivity contribution is 0.463. The second-order valence-electron chi connectivity index (χ2n) is 7.74. The Balaban J connectivity index is 1.96. The molecule has 0 saturated carbocycles. The van der Waals surface area contributed by atoms with Gasteiger partial charge in [-0.05, 0) is 67.0 Å². The van der Waals surface area contributed by atoms with Crippen LogP contribution >= 0.6 is 0 Å². The van der Waals surface area contributed by atoms with Crippen LogP contribution in [0.1, 0.15) is 51.7 Å². The molecular weight excluding hydrogens is 348 g/mol. The minimum absolute atomic E-state index is 0.109. The third-order valence-electron chi connectivity index (χ3n) is 4.44. The first-order valence-corrected chi connectivity index (χ1v) is 10.4. The first kappa shape index (κ1) is 20.5. The zero-order chi connectivity index (χ0) is 19.4. The molecule has 5 heteroatoms. The first-order chi connectivity index (χ1) is 12.1. The highest BCUT2D eigenvalue weighted by Gasteiger charge is 2.16. The number of rotatable bonds is 7. The third kappa shape index (κ3) is 6.15. The Morgan fingerprint density at radius 2 is 1.69 bits per heavy atom. The fourth-order valence-corrected chi connectivity index (χ4v) is 3.13. The Labute approximate surface area is 157 Å². The molecule has 4 nitrogen and oxygen atoms in total. The highest BCUT2D eigenvalue weighted by molar-refractivity contribution is 7.86. The summed E-state index contributed by atoms with van der Waals surface area (Å²) in [5.41, 5.74) is 2.44. The fraction of sp³-hybridized carbons (Fsp3) is 0.429.